The van der Waals surface area contributed by atoms with Crippen molar-refractivity contribution >= 4 is 11.7 Å². The van der Waals surface area contributed by atoms with E-state index in [9.17, 15) is 4.79 Å². The number of aromatic nitrogens is 1. The van der Waals surface area contributed by atoms with Crippen molar-refractivity contribution in [1.29, 1.82) is 0 Å². The average Bonchev–Trinajstić information content (AvgIpc) is 3.38. The molecule has 114 valence electrons. The summed E-state index contributed by atoms with van der Waals surface area (Å²) in [5, 5.41) is 6.49. The lowest BCUT2D eigenvalue weighted by Crippen LogP contribution is -2.38. The summed E-state index contributed by atoms with van der Waals surface area (Å²) in [4.78, 5) is 17.1. The number of nitrogens with zero attached hydrogens (tertiary/aromatic N) is 1. The molecule has 2 saturated carbocycles. The Bertz CT molecular complexity index is 509. The molecular formula is C17H25N3O. The van der Waals surface area contributed by atoms with Crippen LogP contribution in [0.5, 0.6) is 0 Å². The summed E-state index contributed by atoms with van der Waals surface area (Å²) < 4.78 is 0. The highest BCUT2D eigenvalue weighted by Gasteiger charge is 2.42. The van der Waals surface area contributed by atoms with Gasteiger partial charge in [-0.15, -0.1) is 0 Å². The molecule has 1 heterocycles. The monoisotopic (exact) mass is 287 g/mol. The van der Waals surface area contributed by atoms with Gasteiger partial charge in [-0.3, -0.25) is 4.79 Å². The van der Waals surface area contributed by atoms with Crippen molar-refractivity contribution in [3.8, 4) is 0 Å². The lowest BCUT2D eigenvalue weighted by molar-refractivity contribution is 0.0926. The summed E-state index contributed by atoms with van der Waals surface area (Å²) in [6.07, 6.45) is 5.96. The van der Waals surface area contributed by atoms with Crippen LogP contribution in [0.25, 0.3) is 0 Å². The van der Waals surface area contributed by atoms with Gasteiger partial charge in [0.05, 0.1) is 0 Å². The number of carbonyl (C=O) groups is 1. The summed E-state index contributed by atoms with van der Waals surface area (Å²) >= 11 is 0. The van der Waals surface area contributed by atoms with Gasteiger partial charge in [0.25, 0.3) is 5.91 Å². The van der Waals surface area contributed by atoms with Crippen molar-refractivity contribution in [2.75, 3.05) is 11.9 Å². The van der Waals surface area contributed by atoms with Crippen LogP contribution in [0, 0.1) is 11.8 Å². The van der Waals surface area contributed by atoms with E-state index in [0.717, 1.165) is 41.9 Å². The van der Waals surface area contributed by atoms with Crippen LogP contribution in [-0.2, 0) is 6.42 Å². The molecule has 0 aromatic carbocycles. The minimum absolute atomic E-state index is 0.0649. The largest absolute Gasteiger partial charge is 0.370 e. The molecule has 0 unspecified atom stereocenters. The number of hydrogen-bond donors (Lipinski definition) is 2. The molecule has 4 nitrogen and oxygen atoms in total. The summed E-state index contributed by atoms with van der Waals surface area (Å²) in [5.41, 5.74) is 1.71. The second kappa shape index (κ2) is 6.04. The molecule has 2 aliphatic rings. The maximum Gasteiger partial charge on any atom is 0.251 e. The summed E-state index contributed by atoms with van der Waals surface area (Å²) in [7, 11) is 0. The van der Waals surface area contributed by atoms with E-state index in [1.165, 1.54) is 25.7 Å². The minimum Gasteiger partial charge on any atom is -0.370 e. The van der Waals surface area contributed by atoms with Gasteiger partial charge in [-0.05, 0) is 63.0 Å². The van der Waals surface area contributed by atoms with Crippen molar-refractivity contribution in [3.05, 3.63) is 23.4 Å². The number of nitrogens with one attached hydrogen (secondary N) is 2. The first-order valence-corrected chi connectivity index (χ1v) is 8.27. The summed E-state index contributed by atoms with van der Waals surface area (Å²) in [5.74, 6) is 2.32. The molecule has 0 spiro atoms. The molecule has 0 bridgehead atoms. The van der Waals surface area contributed by atoms with Gasteiger partial charge in [0.15, 0.2) is 0 Å². The molecule has 2 fully saturated rings. The number of pyridine rings is 1. The van der Waals surface area contributed by atoms with Crippen molar-refractivity contribution in [1.82, 2.24) is 10.3 Å². The average molecular weight is 287 g/mol. The topological polar surface area (TPSA) is 54.0 Å². The molecule has 1 amide bonds. The number of carbonyl (C=O) groups excluding carboxylic acids is 1. The van der Waals surface area contributed by atoms with E-state index in [4.69, 9.17) is 0 Å². The Hall–Kier alpha value is -1.58. The molecule has 4 heteroatoms. The van der Waals surface area contributed by atoms with Crippen LogP contribution < -0.4 is 10.6 Å². The van der Waals surface area contributed by atoms with Gasteiger partial charge in [-0.2, -0.15) is 0 Å². The van der Waals surface area contributed by atoms with Crippen LogP contribution in [0.1, 0.15) is 55.6 Å². The van der Waals surface area contributed by atoms with Gasteiger partial charge >= 0.3 is 0 Å². The van der Waals surface area contributed by atoms with E-state index in [2.05, 4.69) is 22.5 Å². The normalized spacial score (nSPS) is 17.9. The van der Waals surface area contributed by atoms with Crippen molar-refractivity contribution in [3.63, 3.8) is 0 Å². The highest BCUT2D eigenvalue weighted by Crippen LogP contribution is 2.44. The molecule has 0 atom stereocenters. The van der Waals surface area contributed by atoms with E-state index in [0.29, 0.717) is 6.04 Å². The number of amides is 1. The molecule has 21 heavy (non-hydrogen) atoms. The van der Waals surface area contributed by atoms with E-state index in [-0.39, 0.29) is 5.91 Å². The number of aryl methyl sites for hydroxylation is 1. The van der Waals surface area contributed by atoms with Crippen LogP contribution in [0.4, 0.5) is 5.82 Å². The van der Waals surface area contributed by atoms with Crippen LogP contribution in [-0.4, -0.2) is 23.5 Å². The van der Waals surface area contributed by atoms with Gasteiger partial charge in [0.2, 0.25) is 0 Å². The molecule has 0 saturated heterocycles. The van der Waals surface area contributed by atoms with Crippen LogP contribution in [0.3, 0.4) is 0 Å². The standard InChI is InChI=1S/C17H25N3O/c1-3-14-9-13(10-15(19-14)18-4-2)17(21)20-16(11-5-6-11)12-7-8-12/h9-12,16H,3-8H2,1-2H3,(H,18,19)(H,20,21). The Balaban J connectivity index is 1.74. The molecule has 1 aromatic rings. The fourth-order valence-corrected chi connectivity index (χ4v) is 2.94. The minimum atomic E-state index is 0.0649. The highest BCUT2D eigenvalue weighted by molar-refractivity contribution is 5.95. The predicted molar refractivity (Wildman–Crippen MR) is 84.5 cm³/mol. The SMILES string of the molecule is CCNc1cc(C(=O)NC(C2CC2)C2CC2)cc(CC)n1. The van der Waals surface area contributed by atoms with Gasteiger partial charge in [-0.1, -0.05) is 6.92 Å². The Morgan fingerprint density at radius 1 is 1.24 bits per heavy atom. The molecule has 1 aromatic heterocycles. The fourth-order valence-electron chi connectivity index (χ4n) is 2.94. The zero-order chi connectivity index (χ0) is 14.8. The molecule has 0 radical (unpaired) electrons. The van der Waals surface area contributed by atoms with Gasteiger partial charge in [0, 0.05) is 23.8 Å². The zero-order valence-corrected chi connectivity index (χ0v) is 13.0. The lowest BCUT2D eigenvalue weighted by Gasteiger charge is -2.18. The van der Waals surface area contributed by atoms with Crippen molar-refractivity contribution < 1.29 is 4.79 Å². The van der Waals surface area contributed by atoms with E-state index >= 15 is 0 Å². The fraction of sp³-hybridized carbons (Fsp3) is 0.647. The molecule has 2 aliphatic carbocycles. The number of hydrogen-bond acceptors (Lipinski definition) is 3. The Morgan fingerprint density at radius 2 is 1.90 bits per heavy atom. The van der Waals surface area contributed by atoms with E-state index < -0.39 is 0 Å². The third-order valence-corrected chi connectivity index (χ3v) is 4.42. The van der Waals surface area contributed by atoms with E-state index in [1.54, 1.807) is 0 Å². The molecule has 2 N–H and O–H groups in total. The molecule has 3 rings (SSSR count). The smallest absolute Gasteiger partial charge is 0.251 e. The number of anilines is 1. The first kappa shape index (κ1) is 14.4. The molecule has 0 aliphatic heterocycles. The highest BCUT2D eigenvalue weighted by atomic mass is 16.1. The Labute approximate surface area is 126 Å². The third-order valence-electron chi connectivity index (χ3n) is 4.42. The Kier molecular flexibility index (Phi) is 4.13. The summed E-state index contributed by atoms with van der Waals surface area (Å²) in [6.45, 7) is 4.92. The zero-order valence-electron chi connectivity index (χ0n) is 13.0. The van der Waals surface area contributed by atoms with E-state index in [1.807, 2.05) is 19.1 Å². The van der Waals surface area contributed by atoms with Crippen LogP contribution in [0.2, 0.25) is 0 Å². The predicted octanol–water partition coefficient (Wildman–Crippen LogP) is 2.99. The van der Waals surface area contributed by atoms with Crippen LogP contribution >= 0.6 is 0 Å². The van der Waals surface area contributed by atoms with Crippen molar-refractivity contribution in [2.45, 2.75) is 52.0 Å². The van der Waals surface area contributed by atoms with Crippen LogP contribution in [0.15, 0.2) is 12.1 Å². The van der Waals surface area contributed by atoms with Gasteiger partial charge < -0.3 is 10.6 Å². The lowest BCUT2D eigenvalue weighted by atomic mass is 10.1. The second-order valence-corrected chi connectivity index (χ2v) is 6.29. The first-order valence-electron chi connectivity index (χ1n) is 8.27. The molecular weight excluding hydrogens is 262 g/mol. The third kappa shape index (κ3) is 3.55. The Morgan fingerprint density at radius 3 is 2.43 bits per heavy atom. The van der Waals surface area contributed by atoms with Gasteiger partial charge in [0.1, 0.15) is 5.82 Å². The summed E-state index contributed by atoms with van der Waals surface area (Å²) in [6, 6.07) is 4.19. The first-order chi connectivity index (χ1) is 10.2. The second-order valence-electron chi connectivity index (χ2n) is 6.29. The maximum atomic E-state index is 12.6. The quantitative estimate of drug-likeness (QED) is 0.810. The number of rotatable bonds is 7. The maximum absolute atomic E-state index is 12.6. The van der Waals surface area contributed by atoms with Gasteiger partial charge in [-0.25, -0.2) is 4.98 Å². The van der Waals surface area contributed by atoms with Crippen molar-refractivity contribution in [2.24, 2.45) is 11.8 Å².